The van der Waals surface area contributed by atoms with Gasteiger partial charge in [-0.2, -0.15) is 0 Å². The molecular formula is C19H17ClFNO5. The predicted molar refractivity (Wildman–Crippen MR) is 97.9 cm³/mol. The van der Waals surface area contributed by atoms with Crippen LogP contribution in [0.3, 0.4) is 0 Å². The first-order valence-electron chi connectivity index (χ1n) is 8.36. The highest BCUT2D eigenvalue weighted by atomic mass is 35.5. The van der Waals surface area contributed by atoms with Gasteiger partial charge >= 0.3 is 5.97 Å². The first-order valence-corrected chi connectivity index (χ1v) is 8.74. The van der Waals surface area contributed by atoms with E-state index in [0.29, 0.717) is 17.7 Å². The number of benzene rings is 2. The lowest BCUT2D eigenvalue weighted by molar-refractivity contribution is -0.145. The summed E-state index contributed by atoms with van der Waals surface area (Å²) in [5, 5.41) is 13.6. The Hall–Kier alpha value is -2.80. The fourth-order valence-electron chi connectivity index (χ4n) is 2.65. The molecule has 0 amide bonds. The van der Waals surface area contributed by atoms with Crippen LogP contribution < -0.4 is 9.47 Å². The zero-order valence-corrected chi connectivity index (χ0v) is 15.4. The van der Waals surface area contributed by atoms with Crippen molar-refractivity contribution in [1.82, 2.24) is 5.16 Å². The molecular weight excluding hydrogens is 377 g/mol. The van der Waals surface area contributed by atoms with E-state index in [0.717, 1.165) is 0 Å². The SMILES string of the molecule is CCOc1ccc(-c2noc3c(Cl)c(OC(CC)C(=O)O)ccc23)c(F)c1. The monoisotopic (exact) mass is 393 g/mol. The number of ether oxygens (including phenoxy) is 2. The van der Waals surface area contributed by atoms with E-state index < -0.39 is 17.9 Å². The summed E-state index contributed by atoms with van der Waals surface area (Å²) in [6.07, 6.45) is -0.770. The van der Waals surface area contributed by atoms with E-state index >= 15 is 0 Å². The van der Waals surface area contributed by atoms with Crippen LogP contribution in [0.25, 0.3) is 22.2 Å². The summed E-state index contributed by atoms with van der Waals surface area (Å²) in [5.74, 6) is -1.03. The maximum atomic E-state index is 14.5. The Morgan fingerprint density at radius 2 is 2.11 bits per heavy atom. The van der Waals surface area contributed by atoms with Crippen molar-refractivity contribution in [3.8, 4) is 22.8 Å². The van der Waals surface area contributed by atoms with Gasteiger partial charge in [0.25, 0.3) is 0 Å². The topological polar surface area (TPSA) is 81.8 Å². The minimum Gasteiger partial charge on any atom is -0.494 e. The van der Waals surface area contributed by atoms with Crippen LogP contribution in [0.15, 0.2) is 34.9 Å². The molecule has 0 aliphatic rings. The molecule has 1 N–H and O–H groups in total. The van der Waals surface area contributed by atoms with Crippen molar-refractivity contribution in [2.24, 2.45) is 0 Å². The van der Waals surface area contributed by atoms with Crippen LogP contribution in [-0.4, -0.2) is 28.9 Å². The van der Waals surface area contributed by atoms with E-state index in [1.807, 2.05) is 6.92 Å². The van der Waals surface area contributed by atoms with Gasteiger partial charge in [0.1, 0.15) is 28.0 Å². The van der Waals surface area contributed by atoms with Crippen LogP contribution in [0.4, 0.5) is 4.39 Å². The molecule has 8 heteroatoms. The minimum absolute atomic E-state index is 0.0808. The highest BCUT2D eigenvalue weighted by Crippen LogP contribution is 2.39. The summed E-state index contributed by atoms with van der Waals surface area (Å²) >= 11 is 6.29. The molecule has 3 rings (SSSR count). The van der Waals surface area contributed by atoms with Gasteiger partial charge in [-0.3, -0.25) is 0 Å². The van der Waals surface area contributed by atoms with Crippen LogP contribution in [0.2, 0.25) is 5.02 Å². The number of aliphatic carboxylic acids is 1. The van der Waals surface area contributed by atoms with Crippen molar-refractivity contribution in [2.45, 2.75) is 26.4 Å². The van der Waals surface area contributed by atoms with Gasteiger partial charge in [0, 0.05) is 11.6 Å². The summed E-state index contributed by atoms with van der Waals surface area (Å²) < 4.78 is 30.5. The molecule has 0 spiro atoms. The van der Waals surface area contributed by atoms with Crippen molar-refractivity contribution >= 4 is 28.5 Å². The molecule has 0 saturated carbocycles. The van der Waals surface area contributed by atoms with Crippen LogP contribution in [-0.2, 0) is 4.79 Å². The number of hydrogen-bond donors (Lipinski definition) is 1. The molecule has 2 aromatic carbocycles. The van der Waals surface area contributed by atoms with Gasteiger partial charge < -0.3 is 19.1 Å². The summed E-state index contributed by atoms with van der Waals surface area (Å²) in [7, 11) is 0. The van der Waals surface area contributed by atoms with Crippen molar-refractivity contribution in [3.63, 3.8) is 0 Å². The van der Waals surface area contributed by atoms with Crippen LogP contribution in [0.1, 0.15) is 20.3 Å². The van der Waals surface area contributed by atoms with E-state index in [2.05, 4.69) is 5.16 Å². The zero-order valence-electron chi connectivity index (χ0n) is 14.7. The first-order chi connectivity index (χ1) is 13.0. The molecule has 0 aliphatic carbocycles. The number of hydrogen-bond acceptors (Lipinski definition) is 5. The van der Waals surface area contributed by atoms with Crippen LogP contribution in [0, 0.1) is 5.82 Å². The Labute approximate surface area is 159 Å². The largest absolute Gasteiger partial charge is 0.494 e. The van der Waals surface area contributed by atoms with Crippen molar-refractivity contribution in [3.05, 3.63) is 41.2 Å². The molecule has 0 saturated heterocycles. The van der Waals surface area contributed by atoms with Crippen LogP contribution >= 0.6 is 11.6 Å². The number of aromatic nitrogens is 1. The standard InChI is InChI=1S/C19H17ClFNO5/c1-3-14(19(23)24)26-15-8-7-12-17(22-27-18(12)16(15)20)11-6-5-10(25-4-2)9-13(11)21/h5-9,14H,3-4H2,1-2H3,(H,23,24). The van der Waals surface area contributed by atoms with Crippen molar-refractivity contribution in [1.29, 1.82) is 0 Å². The lowest BCUT2D eigenvalue weighted by Crippen LogP contribution is -2.26. The van der Waals surface area contributed by atoms with Gasteiger partial charge in [-0.05, 0) is 37.6 Å². The van der Waals surface area contributed by atoms with Gasteiger partial charge in [0.05, 0.1) is 12.0 Å². The molecule has 1 atom stereocenters. The van der Waals surface area contributed by atoms with E-state index in [1.54, 1.807) is 25.1 Å². The quantitative estimate of drug-likeness (QED) is 0.613. The second-order valence-electron chi connectivity index (χ2n) is 5.71. The van der Waals surface area contributed by atoms with E-state index in [-0.39, 0.29) is 34.0 Å². The first kappa shape index (κ1) is 19.0. The average Bonchev–Trinajstić information content (AvgIpc) is 3.06. The third kappa shape index (κ3) is 3.68. The summed E-state index contributed by atoms with van der Waals surface area (Å²) in [6, 6.07) is 7.58. The summed E-state index contributed by atoms with van der Waals surface area (Å²) in [4.78, 5) is 11.2. The molecule has 3 aromatic rings. The van der Waals surface area contributed by atoms with Gasteiger partial charge in [-0.1, -0.05) is 23.7 Å². The third-order valence-electron chi connectivity index (χ3n) is 3.97. The summed E-state index contributed by atoms with van der Waals surface area (Å²) in [6.45, 7) is 3.93. The van der Waals surface area contributed by atoms with Gasteiger partial charge in [0.2, 0.25) is 0 Å². The van der Waals surface area contributed by atoms with Gasteiger partial charge in [-0.25, -0.2) is 9.18 Å². The number of carbonyl (C=O) groups is 1. The van der Waals surface area contributed by atoms with Crippen molar-refractivity contribution in [2.75, 3.05) is 6.61 Å². The zero-order chi connectivity index (χ0) is 19.6. The second-order valence-corrected chi connectivity index (χ2v) is 6.09. The third-order valence-corrected chi connectivity index (χ3v) is 4.33. The minimum atomic E-state index is -1.09. The molecule has 1 heterocycles. The normalized spacial score (nSPS) is 12.1. The molecule has 1 aromatic heterocycles. The van der Waals surface area contributed by atoms with Crippen LogP contribution in [0.5, 0.6) is 11.5 Å². The maximum Gasteiger partial charge on any atom is 0.344 e. The number of nitrogens with zero attached hydrogens (tertiary/aromatic N) is 1. The van der Waals surface area contributed by atoms with E-state index in [9.17, 15) is 9.18 Å². The predicted octanol–water partition coefficient (Wildman–Crippen LogP) is 4.93. The van der Waals surface area contributed by atoms with Gasteiger partial charge in [-0.15, -0.1) is 0 Å². The molecule has 1 unspecified atom stereocenters. The number of fused-ring (bicyclic) bond motifs is 1. The van der Waals surface area contributed by atoms with E-state index in [4.69, 9.17) is 30.7 Å². The average molecular weight is 394 g/mol. The van der Waals surface area contributed by atoms with Gasteiger partial charge in [0.15, 0.2) is 11.7 Å². The molecule has 0 radical (unpaired) electrons. The molecule has 27 heavy (non-hydrogen) atoms. The Morgan fingerprint density at radius 3 is 2.74 bits per heavy atom. The maximum absolute atomic E-state index is 14.5. The van der Waals surface area contributed by atoms with E-state index in [1.165, 1.54) is 12.1 Å². The lowest BCUT2D eigenvalue weighted by Gasteiger charge is -2.14. The van der Waals surface area contributed by atoms with Crippen molar-refractivity contribution < 1.29 is 28.3 Å². The Balaban J connectivity index is 2.01. The molecule has 142 valence electrons. The summed E-state index contributed by atoms with van der Waals surface area (Å²) in [5.41, 5.74) is 0.709. The fourth-order valence-corrected chi connectivity index (χ4v) is 2.89. The second kappa shape index (κ2) is 7.84. The molecule has 0 bridgehead atoms. The molecule has 6 nitrogen and oxygen atoms in total. The number of carboxylic acid groups (broad SMARTS) is 1. The number of rotatable bonds is 7. The Bertz CT molecular complexity index is 988. The smallest absolute Gasteiger partial charge is 0.344 e. The number of carboxylic acids is 1. The highest BCUT2D eigenvalue weighted by Gasteiger charge is 2.22. The fraction of sp³-hybridized carbons (Fsp3) is 0.263. The number of halogens is 2. The highest BCUT2D eigenvalue weighted by molar-refractivity contribution is 6.36. The Kier molecular flexibility index (Phi) is 5.51. The lowest BCUT2D eigenvalue weighted by atomic mass is 10.1. The molecule has 0 aliphatic heterocycles. The Morgan fingerprint density at radius 1 is 1.33 bits per heavy atom. The molecule has 0 fully saturated rings.